The molecule has 2 atom stereocenters. The van der Waals surface area contributed by atoms with Crippen LogP contribution in [0.5, 0.6) is 5.75 Å². The Morgan fingerprint density at radius 1 is 1.25 bits per heavy atom. The molecule has 1 aromatic carbocycles. The van der Waals surface area contributed by atoms with Gasteiger partial charge in [-0.2, -0.15) is 0 Å². The molecule has 0 aliphatic heterocycles. The zero-order chi connectivity index (χ0) is 17.5. The van der Waals surface area contributed by atoms with Gasteiger partial charge in [-0.25, -0.2) is 0 Å². The Hall–Kier alpha value is -1.88. The number of benzene rings is 1. The van der Waals surface area contributed by atoms with Crippen molar-refractivity contribution in [3.63, 3.8) is 0 Å². The number of aliphatic hydroxyl groups is 1. The van der Waals surface area contributed by atoms with E-state index in [2.05, 4.69) is 0 Å². The minimum absolute atomic E-state index is 0. The molecule has 0 amide bonds. The molecule has 5 nitrogen and oxygen atoms in total. The molecule has 0 spiro atoms. The van der Waals surface area contributed by atoms with Crippen LogP contribution >= 0.6 is 0 Å². The summed E-state index contributed by atoms with van der Waals surface area (Å²) < 4.78 is 10.1. The topological polar surface area (TPSA) is 72.8 Å². The first-order valence-electron chi connectivity index (χ1n) is 7.89. The van der Waals surface area contributed by atoms with Gasteiger partial charge in [-0.1, -0.05) is 33.4 Å². The van der Waals surface area contributed by atoms with Gasteiger partial charge in [-0.15, -0.1) is 0 Å². The van der Waals surface area contributed by atoms with Gasteiger partial charge in [0.25, 0.3) is 0 Å². The summed E-state index contributed by atoms with van der Waals surface area (Å²) in [6.45, 7) is 7.11. The fourth-order valence-electron chi connectivity index (χ4n) is 2.51. The lowest BCUT2D eigenvalue weighted by atomic mass is 9.77. The van der Waals surface area contributed by atoms with E-state index in [0.29, 0.717) is 18.6 Å². The second-order valence-electron chi connectivity index (χ2n) is 6.04. The molecule has 0 bridgehead atoms. The molecule has 0 radical (unpaired) electrons. The van der Waals surface area contributed by atoms with Crippen molar-refractivity contribution in [2.24, 2.45) is 5.41 Å². The Kier molecular flexibility index (Phi) is 9.29. The lowest BCUT2D eigenvalue weighted by Gasteiger charge is -2.29. The van der Waals surface area contributed by atoms with E-state index in [9.17, 15) is 9.59 Å². The monoisotopic (exact) mass is 338 g/mol. The lowest BCUT2D eigenvalue weighted by molar-refractivity contribution is -0.157. The SMILES string of the molecule is C.CCC(C)(CC(C)c1ccc(OC(C)=O)cc1)C(=O)OCCO. The second-order valence-corrected chi connectivity index (χ2v) is 6.04. The zero-order valence-electron chi connectivity index (χ0n) is 14.3. The molecule has 24 heavy (non-hydrogen) atoms. The van der Waals surface area contributed by atoms with Crippen LogP contribution in [0.25, 0.3) is 0 Å². The maximum atomic E-state index is 12.2. The molecular formula is C19H30O5. The number of rotatable bonds is 8. The average Bonchev–Trinajstić information content (AvgIpc) is 2.52. The van der Waals surface area contributed by atoms with E-state index < -0.39 is 5.41 Å². The molecule has 1 N–H and O–H groups in total. The van der Waals surface area contributed by atoms with Crippen LogP contribution in [-0.2, 0) is 14.3 Å². The molecule has 2 unspecified atom stereocenters. The fraction of sp³-hybridized carbons (Fsp3) is 0.579. The minimum atomic E-state index is -0.594. The van der Waals surface area contributed by atoms with Crippen LogP contribution in [0.15, 0.2) is 24.3 Å². The third-order valence-corrected chi connectivity index (χ3v) is 4.06. The number of ether oxygens (including phenoxy) is 2. The molecule has 0 aromatic heterocycles. The number of aliphatic hydroxyl groups excluding tert-OH is 1. The molecule has 0 aliphatic rings. The predicted molar refractivity (Wildman–Crippen MR) is 94.0 cm³/mol. The van der Waals surface area contributed by atoms with Gasteiger partial charge in [0.15, 0.2) is 0 Å². The van der Waals surface area contributed by atoms with Gasteiger partial charge in [0.1, 0.15) is 12.4 Å². The summed E-state index contributed by atoms with van der Waals surface area (Å²) >= 11 is 0. The lowest BCUT2D eigenvalue weighted by Crippen LogP contribution is -2.31. The average molecular weight is 338 g/mol. The standard InChI is InChI=1S/C18H26O5.CH4/c1-5-18(4,17(21)22-11-10-19)12-13(2)15-6-8-16(9-7-15)23-14(3)20;/h6-9,13,19H,5,10-12H2,1-4H3;1H4. The zero-order valence-corrected chi connectivity index (χ0v) is 14.3. The first-order chi connectivity index (χ1) is 10.8. The molecule has 0 saturated carbocycles. The van der Waals surface area contributed by atoms with Crippen molar-refractivity contribution in [3.05, 3.63) is 29.8 Å². The van der Waals surface area contributed by atoms with Gasteiger partial charge in [0, 0.05) is 6.92 Å². The fourth-order valence-corrected chi connectivity index (χ4v) is 2.51. The summed E-state index contributed by atoms with van der Waals surface area (Å²) in [5, 5.41) is 8.79. The molecule has 1 rings (SSSR count). The first kappa shape index (κ1) is 22.1. The van der Waals surface area contributed by atoms with E-state index in [1.807, 2.05) is 32.9 Å². The van der Waals surface area contributed by atoms with Crippen LogP contribution < -0.4 is 4.74 Å². The Balaban J connectivity index is 0.00000529. The van der Waals surface area contributed by atoms with Crippen LogP contribution in [0.4, 0.5) is 0 Å². The molecular weight excluding hydrogens is 308 g/mol. The Morgan fingerprint density at radius 3 is 2.29 bits per heavy atom. The van der Waals surface area contributed by atoms with Crippen LogP contribution in [0.2, 0.25) is 0 Å². The van der Waals surface area contributed by atoms with Crippen LogP contribution in [0.1, 0.15) is 59.4 Å². The summed E-state index contributed by atoms with van der Waals surface area (Å²) in [7, 11) is 0. The molecule has 0 fully saturated rings. The van der Waals surface area contributed by atoms with E-state index in [-0.39, 0.29) is 38.5 Å². The third-order valence-electron chi connectivity index (χ3n) is 4.06. The van der Waals surface area contributed by atoms with Gasteiger partial charge in [-0.3, -0.25) is 9.59 Å². The van der Waals surface area contributed by atoms with Crippen molar-refractivity contribution in [3.8, 4) is 5.75 Å². The smallest absolute Gasteiger partial charge is 0.311 e. The molecule has 5 heteroatoms. The molecule has 0 heterocycles. The van der Waals surface area contributed by atoms with Crippen molar-refractivity contribution in [1.82, 2.24) is 0 Å². The van der Waals surface area contributed by atoms with Gasteiger partial charge in [0.2, 0.25) is 0 Å². The molecule has 1 aromatic rings. The van der Waals surface area contributed by atoms with E-state index in [0.717, 1.165) is 5.56 Å². The van der Waals surface area contributed by atoms with Crippen molar-refractivity contribution >= 4 is 11.9 Å². The van der Waals surface area contributed by atoms with Gasteiger partial charge in [0.05, 0.1) is 12.0 Å². The Bertz CT molecular complexity index is 523. The van der Waals surface area contributed by atoms with Gasteiger partial charge < -0.3 is 14.6 Å². The summed E-state index contributed by atoms with van der Waals surface area (Å²) in [6, 6.07) is 7.30. The largest absolute Gasteiger partial charge is 0.463 e. The van der Waals surface area contributed by atoms with Crippen molar-refractivity contribution < 1.29 is 24.2 Å². The third kappa shape index (κ3) is 6.32. The predicted octanol–water partition coefficient (Wildman–Crippen LogP) is 3.69. The summed E-state index contributed by atoms with van der Waals surface area (Å²) in [5.41, 5.74) is 0.471. The van der Waals surface area contributed by atoms with Gasteiger partial charge in [-0.05, 0) is 43.4 Å². The second kappa shape index (κ2) is 10.1. The van der Waals surface area contributed by atoms with Crippen LogP contribution in [-0.4, -0.2) is 30.3 Å². The summed E-state index contributed by atoms with van der Waals surface area (Å²) in [5.74, 6) is 0.0236. The number of carbonyl (C=O) groups is 2. The number of carbonyl (C=O) groups excluding carboxylic acids is 2. The van der Waals surface area contributed by atoms with Crippen LogP contribution in [0, 0.1) is 5.41 Å². The van der Waals surface area contributed by atoms with Crippen molar-refractivity contribution in [2.45, 2.75) is 53.9 Å². The highest BCUT2D eigenvalue weighted by atomic mass is 16.5. The van der Waals surface area contributed by atoms with Crippen molar-refractivity contribution in [1.29, 1.82) is 0 Å². The van der Waals surface area contributed by atoms with E-state index >= 15 is 0 Å². The van der Waals surface area contributed by atoms with Crippen LogP contribution in [0.3, 0.4) is 0 Å². The summed E-state index contributed by atoms with van der Waals surface area (Å²) in [4.78, 5) is 23.1. The highest BCUT2D eigenvalue weighted by Gasteiger charge is 2.34. The normalized spacial score (nSPS) is 14.0. The Morgan fingerprint density at radius 2 is 1.83 bits per heavy atom. The number of hydrogen-bond acceptors (Lipinski definition) is 5. The quantitative estimate of drug-likeness (QED) is 0.578. The Labute approximate surface area is 145 Å². The first-order valence-corrected chi connectivity index (χ1v) is 7.89. The van der Waals surface area contributed by atoms with E-state index in [1.165, 1.54) is 6.92 Å². The summed E-state index contributed by atoms with van der Waals surface area (Å²) in [6.07, 6.45) is 1.30. The van der Waals surface area contributed by atoms with Crippen molar-refractivity contribution in [2.75, 3.05) is 13.2 Å². The van der Waals surface area contributed by atoms with E-state index in [4.69, 9.17) is 14.6 Å². The number of hydrogen-bond donors (Lipinski definition) is 1. The minimum Gasteiger partial charge on any atom is -0.463 e. The highest BCUT2D eigenvalue weighted by molar-refractivity contribution is 5.76. The number of esters is 2. The molecule has 136 valence electrons. The van der Waals surface area contributed by atoms with E-state index in [1.54, 1.807) is 12.1 Å². The maximum Gasteiger partial charge on any atom is 0.311 e. The van der Waals surface area contributed by atoms with Gasteiger partial charge >= 0.3 is 11.9 Å². The highest BCUT2D eigenvalue weighted by Crippen LogP contribution is 2.36. The molecule has 0 saturated heterocycles. The molecule has 0 aliphatic carbocycles. The maximum absolute atomic E-state index is 12.2.